The van der Waals surface area contributed by atoms with Crippen LogP contribution in [0.5, 0.6) is 0 Å². The molecule has 154 valence electrons. The van der Waals surface area contributed by atoms with Gasteiger partial charge < -0.3 is 0 Å². The predicted octanol–water partition coefficient (Wildman–Crippen LogP) is 3.86. The van der Waals surface area contributed by atoms with Gasteiger partial charge in [0.05, 0.1) is 16.6 Å². The molecule has 0 spiro atoms. The molecular formula is C25H17N5O2. The molecule has 1 unspecified atom stereocenters. The molecule has 1 atom stereocenters. The van der Waals surface area contributed by atoms with E-state index in [1.165, 1.54) is 4.90 Å². The minimum atomic E-state index is -0.650. The van der Waals surface area contributed by atoms with E-state index in [1.807, 2.05) is 54.6 Å². The quantitative estimate of drug-likeness (QED) is 0.413. The minimum absolute atomic E-state index is 0.326. The largest absolute Gasteiger partial charge is 0.269 e. The first-order valence-electron chi connectivity index (χ1n) is 10.3. The van der Waals surface area contributed by atoms with Crippen molar-refractivity contribution in [1.82, 2.24) is 24.5 Å². The lowest BCUT2D eigenvalue weighted by Gasteiger charge is -2.24. The third-order valence-corrected chi connectivity index (χ3v) is 5.81. The van der Waals surface area contributed by atoms with Crippen molar-refractivity contribution >= 4 is 28.4 Å². The van der Waals surface area contributed by atoms with Crippen molar-refractivity contribution in [3.8, 4) is 0 Å². The Hall–Kier alpha value is -4.39. The highest BCUT2D eigenvalue weighted by atomic mass is 16.2. The number of carbonyl (C=O) groups excluding carboxylic acids is 2. The number of imide groups is 1. The van der Waals surface area contributed by atoms with E-state index in [1.54, 1.807) is 35.1 Å². The molecule has 0 saturated carbocycles. The van der Waals surface area contributed by atoms with Crippen LogP contribution in [0.15, 0.2) is 85.2 Å². The molecule has 2 aromatic heterocycles. The molecule has 0 N–H and O–H groups in total. The Labute approximate surface area is 183 Å². The zero-order valence-corrected chi connectivity index (χ0v) is 16.9. The van der Waals surface area contributed by atoms with Gasteiger partial charge >= 0.3 is 0 Å². The third-order valence-electron chi connectivity index (χ3n) is 5.81. The molecule has 0 aliphatic carbocycles. The van der Waals surface area contributed by atoms with Crippen molar-refractivity contribution in [3.63, 3.8) is 0 Å². The first-order valence-corrected chi connectivity index (χ1v) is 10.3. The van der Waals surface area contributed by atoms with Gasteiger partial charge in [0.25, 0.3) is 11.8 Å². The Balaban J connectivity index is 1.51. The lowest BCUT2D eigenvalue weighted by Crippen LogP contribution is -2.36. The summed E-state index contributed by atoms with van der Waals surface area (Å²) in [6.07, 6.45) is 2.02. The Morgan fingerprint density at radius 2 is 1.44 bits per heavy atom. The van der Waals surface area contributed by atoms with E-state index in [9.17, 15) is 9.59 Å². The molecule has 0 fully saturated rings. The number of fused-ring (bicyclic) bond motifs is 4. The van der Waals surface area contributed by atoms with Crippen molar-refractivity contribution in [1.29, 1.82) is 0 Å². The van der Waals surface area contributed by atoms with Crippen molar-refractivity contribution < 1.29 is 9.59 Å². The molecular weight excluding hydrogens is 402 g/mol. The zero-order valence-electron chi connectivity index (χ0n) is 16.9. The van der Waals surface area contributed by atoms with Crippen LogP contribution < -0.4 is 0 Å². The highest BCUT2D eigenvalue weighted by molar-refractivity contribution is 6.21. The van der Waals surface area contributed by atoms with E-state index < -0.39 is 6.04 Å². The molecule has 0 radical (unpaired) electrons. The van der Waals surface area contributed by atoms with Crippen LogP contribution in [0.1, 0.15) is 38.1 Å². The number of hydrogen-bond donors (Lipinski definition) is 0. The van der Waals surface area contributed by atoms with Crippen LogP contribution in [-0.2, 0) is 6.42 Å². The Morgan fingerprint density at radius 1 is 0.781 bits per heavy atom. The van der Waals surface area contributed by atoms with Crippen LogP contribution in [-0.4, -0.2) is 36.3 Å². The van der Waals surface area contributed by atoms with Crippen molar-refractivity contribution in [2.45, 2.75) is 12.5 Å². The first-order chi connectivity index (χ1) is 15.7. The number of amides is 2. The van der Waals surface area contributed by atoms with E-state index in [0.29, 0.717) is 29.0 Å². The average molecular weight is 419 g/mol. The van der Waals surface area contributed by atoms with Gasteiger partial charge in [-0.3, -0.25) is 14.5 Å². The van der Waals surface area contributed by atoms with Gasteiger partial charge in [-0.1, -0.05) is 54.6 Å². The Kier molecular flexibility index (Phi) is 4.07. The molecule has 32 heavy (non-hydrogen) atoms. The van der Waals surface area contributed by atoms with Crippen LogP contribution in [0, 0.1) is 0 Å². The van der Waals surface area contributed by atoms with Crippen LogP contribution >= 0.6 is 0 Å². The molecule has 0 saturated heterocycles. The summed E-state index contributed by atoms with van der Waals surface area (Å²) in [5.41, 5.74) is 3.24. The minimum Gasteiger partial charge on any atom is -0.269 e. The second-order valence-corrected chi connectivity index (χ2v) is 7.73. The Morgan fingerprint density at radius 3 is 2.19 bits per heavy atom. The highest BCUT2D eigenvalue weighted by Gasteiger charge is 2.42. The SMILES string of the molecule is O=C1c2ccccc2C(=O)N1C(Cc1ccccc1)c1nc2c3ccccc3ncn2n1. The van der Waals surface area contributed by atoms with Gasteiger partial charge in [-0.05, 0) is 29.8 Å². The topological polar surface area (TPSA) is 80.5 Å². The van der Waals surface area contributed by atoms with Crippen molar-refractivity contribution in [3.05, 3.63) is 108 Å². The summed E-state index contributed by atoms with van der Waals surface area (Å²) in [7, 11) is 0. The lowest BCUT2D eigenvalue weighted by molar-refractivity contribution is 0.0574. The maximum atomic E-state index is 13.3. The van der Waals surface area contributed by atoms with Crippen LogP contribution in [0.3, 0.4) is 0 Å². The summed E-state index contributed by atoms with van der Waals surface area (Å²) < 4.78 is 1.60. The van der Waals surface area contributed by atoms with Crippen molar-refractivity contribution in [2.75, 3.05) is 0 Å². The van der Waals surface area contributed by atoms with Crippen LogP contribution in [0.25, 0.3) is 16.6 Å². The molecule has 3 heterocycles. The fraction of sp³-hybridized carbons (Fsp3) is 0.0800. The fourth-order valence-corrected chi connectivity index (χ4v) is 4.26. The van der Waals surface area contributed by atoms with E-state index in [-0.39, 0.29) is 11.8 Å². The highest BCUT2D eigenvalue weighted by Crippen LogP contribution is 2.33. The number of para-hydroxylation sites is 1. The normalized spacial score (nSPS) is 14.3. The maximum absolute atomic E-state index is 13.3. The average Bonchev–Trinajstić information content (AvgIpc) is 3.38. The first kappa shape index (κ1) is 18.4. The monoisotopic (exact) mass is 419 g/mol. The summed E-state index contributed by atoms with van der Waals surface area (Å²) in [5, 5.41) is 5.49. The third kappa shape index (κ3) is 2.79. The smallest absolute Gasteiger partial charge is 0.262 e. The molecule has 6 rings (SSSR count). The summed E-state index contributed by atoms with van der Waals surface area (Å²) in [5.74, 6) is -0.247. The number of benzene rings is 3. The summed E-state index contributed by atoms with van der Waals surface area (Å²) >= 11 is 0. The second kappa shape index (κ2) is 7.09. The Bertz CT molecular complexity index is 1470. The summed E-state index contributed by atoms with van der Waals surface area (Å²) in [4.78, 5) is 37.1. The molecule has 7 nitrogen and oxygen atoms in total. The molecule has 0 bridgehead atoms. The lowest BCUT2D eigenvalue weighted by atomic mass is 10.0. The molecule has 5 aromatic rings. The summed E-state index contributed by atoms with van der Waals surface area (Å²) in [6.45, 7) is 0. The van der Waals surface area contributed by atoms with Crippen molar-refractivity contribution in [2.24, 2.45) is 0 Å². The van der Waals surface area contributed by atoms with Crippen LogP contribution in [0.4, 0.5) is 0 Å². The molecule has 3 aromatic carbocycles. The molecule has 1 aliphatic rings. The van der Waals surface area contributed by atoms with Gasteiger partial charge in [0, 0.05) is 11.8 Å². The molecule has 2 amide bonds. The fourth-order valence-electron chi connectivity index (χ4n) is 4.26. The van der Waals surface area contributed by atoms with Gasteiger partial charge in [0.1, 0.15) is 12.4 Å². The number of carbonyl (C=O) groups is 2. The van der Waals surface area contributed by atoms with E-state index >= 15 is 0 Å². The second-order valence-electron chi connectivity index (χ2n) is 7.73. The number of rotatable bonds is 4. The van der Waals surface area contributed by atoms with E-state index in [2.05, 4.69) is 10.1 Å². The van der Waals surface area contributed by atoms with Gasteiger partial charge in [-0.25, -0.2) is 14.5 Å². The van der Waals surface area contributed by atoms with Crippen LogP contribution in [0.2, 0.25) is 0 Å². The number of nitrogens with zero attached hydrogens (tertiary/aromatic N) is 5. The number of hydrogen-bond acceptors (Lipinski definition) is 5. The molecule has 7 heteroatoms. The standard InChI is InChI=1S/C25H17N5O2/c31-24-17-10-4-5-11-18(17)25(32)30(24)21(14-16-8-2-1-3-9-16)22-27-23-19-12-6-7-13-20(19)26-15-29(23)28-22/h1-13,15,21H,14H2. The maximum Gasteiger partial charge on any atom is 0.262 e. The summed E-state index contributed by atoms with van der Waals surface area (Å²) in [6, 6.07) is 23.7. The zero-order chi connectivity index (χ0) is 21.7. The predicted molar refractivity (Wildman–Crippen MR) is 118 cm³/mol. The van der Waals surface area contributed by atoms with Gasteiger partial charge in [-0.15, -0.1) is 5.10 Å². The van der Waals surface area contributed by atoms with Gasteiger partial charge in [-0.2, -0.15) is 0 Å². The van der Waals surface area contributed by atoms with Gasteiger partial charge in [0.15, 0.2) is 11.5 Å². The molecule has 1 aliphatic heterocycles. The number of aromatic nitrogens is 4. The van der Waals surface area contributed by atoms with E-state index in [0.717, 1.165) is 16.5 Å². The van der Waals surface area contributed by atoms with E-state index in [4.69, 9.17) is 4.98 Å². The van der Waals surface area contributed by atoms with Gasteiger partial charge in [0.2, 0.25) is 0 Å².